The number of aryl methyl sites for hydroxylation is 1. The lowest BCUT2D eigenvalue weighted by Gasteiger charge is -2.47. The highest BCUT2D eigenvalue weighted by atomic mass is 16.1. The third-order valence-electron chi connectivity index (χ3n) is 6.04. The zero-order valence-corrected chi connectivity index (χ0v) is 15.0. The van der Waals surface area contributed by atoms with Crippen molar-refractivity contribution in [1.82, 2.24) is 14.9 Å². The maximum absolute atomic E-state index is 12.5. The van der Waals surface area contributed by atoms with Crippen LogP contribution in [0.4, 0.5) is 5.69 Å². The van der Waals surface area contributed by atoms with Gasteiger partial charge in [-0.05, 0) is 70.2 Å². The highest BCUT2D eigenvalue weighted by molar-refractivity contribution is 5.92. The Morgan fingerprint density at radius 2 is 2.00 bits per heavy atom. The van der Waals surface area contributed by atoms with Crippen LogP contribution >= 0.6 is 0 Å². The van der Waals surface area contributed by atoms with Crippen LogP contribution in [0.1, 0.15) is 43.5 Å². The van der Waals surface area contributed by atoms with Crippen LogP contribution in [0.2, 0.25) is 0 Å². The SMILES string of the molecule is Cc1ncn(-c2ccc(NC(=O)C3CCC4(CCC4)NC3)cc2)c1C. The van der Waals surface area contributed by atoms with E-state index in [0.717, 1.165) is 42.1 Å². The Morgan fingerprint density at radius 1 is 1.24 bits per heavy atom. The minimum atomic E-state index is 0.0736. The smallest absolute Gasteiger partial charge is 0.228 e. The van der Waals surface area contributed by atoms with E-state index in [-0.39, 0.29) is 11.8 Å². The first-order valence-electron chi connectivity index (χ1n) is 9.23. The first kappa shape index (κ1) is 16.3. The van der Waals surface area contributed by atoms with Crippen molar-refractivity contribution in [3.05, 3.63) is 42.0 Å². The van der Waals surface area contributed by atoms with Crippen LogP contribution in [0.15, 0.2) is 30.6 Å². The van der Waals surface area contributed by atoms with Gasteiger partial charge in [-0.2, -0.15) is 0 Å². The van der Waals surface area contributed by atoms with Gasteiger partial charge in [0.2, 0.25) is 5.91 Å². The topological polar surface area (TPSA) is 59.0 Å². The molecule has 5 nitrogen and oxygen atoms in total. The number of aromatic nitrogens is 2. The normalized spacial score (nSPS) is 21.8. The van der Waals surface area contributed by atoms with Gasteiger partial charge in [-0.25, -0.2) is 4.98 Å². The second-order valence-corrected chi connectivity index (χ2v) is 7.57. The molecule has 25 heavy (non-hydrogen) atoms. The van der Waals surface area contributed by atoms with Gasteiger partial charge in [0, 0.05) is 29.2 Å². The molecule has 1 spiro atoms. The van der Waals surface area contributed by atoms with Gasteiger partial charge in [0.05, 0.1) is 17.9 Å². The molecule has 1 aromatic heterocycles. The number of piperidine rings is 1. The number of amides is 1. The van der Waals surface area contributed by atoms with E-state index in [1.807, 2.05) is 37.5 Å². The summed E-state index contributed by atoms with van der Waals surface area (Å²) in [5.74, 6) is 0.202. The lowest BCUT2D eigenvalue weighted by molar-refractivity contribution is -0.121. The van der Waals surface area contributed by atoms with Crippen molar-refractivity contribution in [2.24, 2.45) is 5.92 Å². The van der Waals surface area contributed by atoms with Crippen molar-refractivity contribution in [1.29, 1.82) is 0 Å². The first-order chi connectivity index (χ1) is 12.1. The van der Waals surface area contributed by atoms with Crippen LogP contribution in [-0.2, 0) is 4.79 Å². The summed E-state index contributed by atoms with van der Waals surface area (Å²) in [6.45, 7) is 4.87. The Morgan fingerprint density at radius 3 is 2.52 bits per heavy atom. The molecule has 2 heterocycles. The predicted molar refractivity (Wildman–Crippen MR) is 99.0 cm³/mol. The monoisotopic (exact) mass is 338 g/mol. The Hall–Kier alpha value is -2.14. The molecule has 4 rings (SSSR count). The fourth-order valence-corrected chi connectivity index (χ4v) is 3.94. The number of rotatable bonds is 3. The minimum absolute atomic E-state index is 0.0736. The van der Waals surface area contributed by atoms with Crippen LogP contribution in [0.25, 0.3) is 5.69 Å². The van der Waals surface area contributed by atoms with Gasteiger partial charge in [0.15, 0.2) is 0 Å². The lowest BCUT2D eigenvalue weighted by Crippen LogP contribution is -2.57. The molecule has 1 aromatic carbocycles. The number of nitrogens with one attached hydrogen (secondary N) is 2. The molecular formula is C20H26N4O. The van der Waals surface area contributed by atoms with E-state index < -0.39 is 0 Å². The molecule has 1 saturated heterocycles. The average Bonchev–Trinajstić information content (AvgIpc) is 2.93. The van der Waals surface area contributed by atoms with Crippen LogP contribution < -0.4 is 10.6 Å². The Balaban J connectivity index is 1.38. The van der Waals surface area contributed by atoms with Crippen molar-refractivity contribution < 1.29 is 4.79 Å². The van der Waals surface area contributed by atoms with Crippen LogP contribution in [0.3, 0.4) is 0 Å². The zero-order chi connectivity index (χ0) is 17.4. The lowest BCUT2D eigenvalue weighted by atomic mass is 9.70. The molecule has 1 aliphatic heterocycles. The van der Waals surface area contributed by atoms with E-state index in [1.54, 1.807) is 0 Å². The maximum Gasteiger partial charge on any atom is 0.228 e. The van der Waals surface area contributed by atoms with E-state index in [1.165, 1.54) is 19.3 Å². The summed E-state index contributed by atoms with van der Waals surface area (Å²) in [5, 5.41) is 6.69. The number of hydrogen-bond acceptors (Lipinski definition) is 3. The number of carbonyl (C=O) groups is 1. The highest BCUT2D eigenvalue weighted by Crippen LogP contribution is 2.39. The number of benzene rings is 1. The summed E-state index contributed by atoms with van der Waals surface area (Å²) in [6.07, 6.45) is 7.83. The van der Waals surface area contributed by atoms with Gasteiger partial charge in [0.25, 0.3) is 0 Å². The van der Waals surface area contributed by atoms with Gasteiger partial charge in [0.1, 0.15) is 0 Å². The Bertz CT molecular complexity index is 763. The summed E-state index contributed by atoms with van der Waals surface area (Å²) in [4.78, 5) is 16.9. The minimum Gasteiger partial charge on any atom is -0.326 e. The molecule has 1 atom stereocenters. The first-order valence-corrected chi connectivity index (χ1v) is 9.23. The standard InChI is InChI=1S/C20H26N4O/c1-14-15(2)24(13-21-14)18-6-4-17(5-7-18)23-19(25)16-8-11-20(22-12-16)9-3-10-20/h4-7,13,16,22H,3,8-12H2,1-2H3,(H,23,25). The molecule has 0 radical (unpaired) electrons. The van der Waals surface area contributed by atoms with Crippen LogP contribution in [0, 0.1) is 19.8 Å². The van der Waals surface area contributed by atoms with Crippen LogP contribution in [-0.4, -0.2) is 27.5 Å². The summed E-state index contributed by atoms with van der Waals surface area (Å²) in [5.41, 5.74) is 4.44. The van der Waals surface area contributed by atoms with Crippen molar-refractivity contribution in [3.8, 4) is 5.69 Å². The number of hydrogen-bond donors (Lipinski definition) is 2. The molecule has 1 aliphatic carbocycles. The van der Waals surface area contributed by atoms with Crippen molar-refractivity contribution >= 4 is 11.6 Å². The quantitative estimate of drug-likeness (QED) is 0.902. The van der Waals surface area contributed by atoms with Gasteiger partial charge in [-0.15, -0.1) is 0 Å². The van der Waals surface area contributed by atoms with Crippen LogP contribution in [0.5, 0.6) is 0 Å². The second kappa shape index (κ2) is 6.30. The Labute approximate surface area is 148 Å². The molecule has 2 aliphatic rings. The third-order valence-corrected chi connectivity index (χ3v) is 6.04. The Kier molecular flexibility index (Phi) is 4.12. The number of anilines is 1. The predicted octanol–water partition coefficient (Wildman–Crippen LogP) is 3.35. The molecule has 1 unspecified atom stereocenters. The van der Waals surface area contributed by atoms with Gasteiger partial charge in [-0.1, -0.05) is 0 Å². The largest absolute Gasteiger partial charge is 0.326 e. The molecule has 0 bridgehead atoms. The summed E-state index contributed by atoms with van der Waals surface area (Å²) >= 11 is 0. The summed E-state index contributed by atoms with van der Waals surface area (Å²) in [6, 6.07) is 7.97. The highest BCUT2D eigenvalue weighted by Gasteiger charge is 2.41. The molecule has 2 aromatic rings. The van der Waals surface area contributed by atoms with Crippen molar-refractivity contribution in [2.45, 2.75) is 51.5 Å². The molecule has 2 fully saturated rings. The van der Waals surface area contributed by atoms with Gasteiger partial charge < -0.3 is 15.2 Å². The summed E-state index contributed by atoms with van der Waals surface area (Å²) in [7, 11) is 0. The number of imidazole rings is 1. The zero-order valence-electron chi connectivity index (χ0n) is 15.0. The van der Waals surface area contributed by atoms with E-state index in [0.29, 0.717) is 5.54 Å². The van der Waals surface area contributed by atoms with E-state index >= 15 is 0 Å². The maximum atomic E-state index is 12.5. The van der Waals surface area contributed by atoms with Gasteiger partial charge in [-0.3, -0.25) is 4.79 Å². The third kappa shape index (κ3) is 3.09. The molecular weight excluding hydrogens is 312 g/mol. The molecule has 1 amide bonds. The fraction of sp³-hybridized carbons (Fsp3) is 0.500. The van der Waals surface area contributed by atoms with Gasteiger partial charge >= 0.3 is 0 Å². The number of carbonyl (C=O) groups excluding carboxylic acids is 1. The summed E-state index contributed by atoms with van der Waals surface area (Å²) < 4.78 is 2.06. The molecule has 5 heteroatoms. The average molecular weight is 338 g/mol. The van der Waals surface area contributed by atoms with E-state index in [2.05, 4.69) is 27.1 Å². The van der Waals surface area contributed by atoms with Crippen molar-refractivity contribution in [2.75, 3.05) is 11.9 Å². The molecule has 132 valence electrons. The number of nitrogens with zero attached hydrogens (tertiary/aromatic N) is 2. The molecule has 1 saturated carbocycles. The van der Waals surface area contributed by atoms with Crippen molar-refractivity contribution in [3.63, 3.8) is 0 Å². The fourth-order valence-electron chi connectivity index (χ4n) is 3.94. The van der Waals surface area contributed by atoms with E-state index in [9.17, 15) is 4.79 Å². The second-order valence-electron chi connectivity index (χ2n) is 7.57. The van der Waals surface area contributed by atoms with E-state index in [4.69, 9.17) is 0 Å². The molecule has 2 N–H and O–H groups in total.